The van der Waals surface area contributed by atoms with Gasteiger partial charge < -0.3 is 10.1 Å². The van der Waals surface area contributed by atoms with Gasteiger partial charge in [-0.05, 0) is 37.6 Å². The van der Waals surface area contributed by atoms with Crippen LogP contribution in [0.3, 0.4) is 0 Å². The minimum atomic E-state index is -0.891. The standard InChI is InChI=1S/C16H20ClNO3/c1-5-14(19)11(4)15(16(20)21-6-2)18-13-8-7-12(17)9-10(13)3/h7-9,15,18H,4-6H2,1-3H3. The van der Waals surface area contributed by atoms with Crippen LogP contribution in [0.15, 0.2) is 30.4 Å². The molecule has 1 aromatic rings. The predicted molar refractivity (Wildman–Crippen MR) is 84.7 cm³/mol. The van der Waals surface area contributed by atoms with Crippen LogP contribution < -0.4 is 5.32 Å². The maximum atomic E-state index is 12.1. The first-order chi connectivity index (χ1) is 9.90. The van der Waals surface area contributed by atoms with Crippen molar-refractivity contribution in [1.29, 1.82) is 0 Å². The van der Waals surface area contributed by atoms with Crippen LogP contribution in [-0.4, -0.2) is 24.4 Å². The van der Waals surface area contributed by atoms with Crippen LogP contribution in [0.4, 0.5) is 5.69 Å². The Morgan fingerprint density at radius 3 is 2.57 bits per heavy atom. The first-order valence-corrected chi connectivity index (χ1v) is 7.19. The number of nitrogens with one attached hydrogen (secondary N) is 1. The normalized spacial score (nSPS) is 11.6. The zero-order chi connectivity index (χ0) is 16.0. The minimum Gasteiger partial charge on any atom is -0.464 e. The Balaban J connectivity index is 3.04. The van der Waals surface area contributed by atoms with Crippen molar-refractivity contribution in [1.82, 2.24) is 0 Å². The van der Waals surface area contributed by atoms with E-state index in [1.54, 1.807) is 32.0 Å². The molecule has 0 saturated carbocycles. The van der Waals surface area contributed by atoms with Gasteiger partial charge in [0.2, 0.25) is 0 Å². The molecular formula is C16H20ClNO3. The molecule has 0 bridgehead atoms. The number of hydrogen-bond donors (Lipinski definition) is 1. The number of Topliss-reactive ketones (excluding diaryl/α,β-unsaturated/α-hetero) is 1. The average molecular weight is 310 g/mol. The smallest absolute Gasteiger partial charge is 0.333 e. The summed E-state index contributed by atoms with van der Waals surface area (Å²) in [5.41, 5.74) is 1.78. The summed E-state index contributed by atoms with van der Waals surface area (Å²) in [5, 5.41) is 3.63. The van der Waals surface area contributed by atoms with Crippen LogP contribution in [0.1, 0.15) is 25.8 Å². The summed E-state index contributed by atoms with van der Waals surface area (Å²) in [6, 6.07) is 4.35. The number of carbonyl (C=O) groups is 2. The number of ether oxygens (including phenoxy) is 1. The van der Waals surface area contributed by atoms with Crippen molar-refractivity contribution >= 4 is 29.0 Å². The van der Waals surface area contributed by atoms with Crippen LogP contribution in [-0.2, 0) is 14.3 Å². The highest BCUT2D eigenvalue weighted by molar-refractivity contribution is 6.30. The predicted octanol–water partition coefficient (Wildman–Crippen LogP) is 3.53. The number of carbonyl (C=O) groups excluding carboxylic acids is 2. The van der Waals surface area contributed by atoms with E-state index >= 15 is 0 Å². The number of aryl methyl sites for hydroxylation is 1. The molecular weight excluding hydrogens is 290 g/mol. The summed E-state index contributed by atoms with van der Waals surface area (Å²) < 4.78 is 5.02. The maximum absolute atomic E-state index is 12.1. The summed E-state index contributed by atoms with van der Waals surface area (Å²) >= 11 is 5.91. The van der Waals surface area contributed by atoms with Crippen molar-refractivity contribution in [3.05, 3.63) is 40.9 Å². The minimum absolute atomic E-state index is 0.174. The fourth-order valence-electron chi connectivity index (χ4n) is 1.85. The molecule has 21 heavy (non-hydrogen) atoms. The molecule has 1 unspecified atom stereocenters. The lowest BCUT2D eigenvalue weighted by Crippen LogP contribution is -2.35. The third-order valence-electron chi connectivity index (χ3n) is 3.04. The average Bonchev–Trinajstić information content (AvgIpc) is 2.45. The van der Waals surface area contributed by atoms with E-state index in [2.05, 4.69) is 11.9 Å². The molecule has 5 heteroatoms. The van der Waals surface area contributed by atoms with Crippen LogP contribution in [0.2, 0.25) is 5.02 Å². The molecule has 0 heterocycles. The van der Waals surface area contributed by atoms with E-state index in [0.717, 1.165) is 5.56 Å². The first-order valence-electron chi connectivity index (χ1n) is 6.82. The Kier molecular flexibility index (Phi) is 6.43. The maximum Gasteiger partial charge on any atom is 0.333 e. The molecule has 0 aliphatic rings. The molecule has 0 amide bonds. The highest BCUT2D eigenvalue weighted by Gasteiger charge is 2.26. The largest absolute Gasteiger partial charge is 0.464 e. The fraction of sp³-hybridized carbons (Fsp3) is 0.375. The van der Waals surface area contributed by atoms with Gasteiger partial charge in [0.05, 0.1) is 6.61 Å². The third kappa shape index (κ3) is 4.60. The number of ketones is 1. The highest BCUT2D eigenvalue weighted by atomic mass is 35.5. The third-order valence-corrected chi connectivity index (χ3v) is 3.27. The van der Waals surface area contributed by atoms with Gasteiger partial charge in [-0.25, -0.2) is 4.79 Å². The zero-order valence-electron chi connectivity index (χ0n) is 12.5. The van der Waals surface area contributed by atoms with Crippen molar-refractivity contribution < 1.29 is 14.3 Å². The first kappa shape index (κ1) is 17.2. The van der Waals surface area contributed by atoms with Gasteiger partial charge in [0.15, 0.2) is 11.8 Å². The van der Waals surface area contributed by atoms with Crippen molar-refractivity contribution in [3.63, 3.8) is 0 Å². The quantitative estimate of drug-likeness (QED) is 0.618. The number of hydrogen-bond acceptors (Lipinski definition) is 4. The summed E-state index contributed by atoms with van der Waals surface area (Å²) in [4.78, 5) is 23.9. The second-order valence-electron chi connectivity index (χ2n) is 4.59. The van der Waals surface area contributed by atoms with E-state index in [0.29, 0.717) is 10.7 Å². The number of benzene rings is 1. The Labute approximate surface area is 130 Å². The Bertz CT molecular complexity index is 554. The van der Waals surface area contributed by atoms with Gasteiger partial charge in [-0.2, -0.15) is 0 Å². The number of halogens is 1. The highest BCUT2D eigenvalue weighted by Crippen LogP contribution is 2.22. The van der Waals surface area contributed by atoms with E-state index in [9.17, 15) is 9.59 Å². The van der Waals surface area contributed by atoms with Gasteiger partial charge in [0.25, 0.3) is 0 Å². The summed E-state index contributed by atoms with van der Waals surface area (Å²) in [7, 11) is 0. The van der Waals surface area contributed by atoms with Gasteiger partial charge in [-0.15, -0.1) is 0 Å². The van der Waals surface area contributed by atoms with E-state index in [-0.39, 0.29) is 24.4 Å². The number of esters is 1. The molecule has 0 aromatic heterocycles. The van der Waals surface area contributed by atoms with Crippen LogP contribution in [0, 0.1) is 6.92 Å². The Hall–Kier alpha value is -1.81. The van der Waals surface area contributed by atoms with E-state index in [1.165, 1.54) is 0 Å². The summed E-state index contributed by atoms with van der Waals surface area (Å²) in [5.74, 6) is -0.689. The second-order valence-corrected chi connectivity index (χ2v) is 5.03. The van der Waals surface area contributed by atoms with Gasteiger partial charge >= 0.3 is 5.97 Å². The molecule has 1 aromatic carbocycles. The van der Waals surface area contributed by atoms with Crippen LogP contribution >= 0.6 is 11.6 Å². The van der Waals surface area contributed by atoms with Crippen molar-refractivity contribution in [2.24, 2.45) is 0 Å². The monoisotopic (exact) mass is 309 g/mol. The van der Waals surface area contributed by atoms with Gasteiger partial charge in [0.1, 0.15) is 0 Å². The molecule has 1 rings (SSSR count). The lowest BCUT2D eigenvalue weighted by atomic mass is 10.0. The number of anilines is 1. The Morgan fingerprint density at radius 1 is 1.38 bits per heavy atom. The van der Waals surface area contributed by atoms with Gasteiger partial charge in [-0.3, -0.25) is 4.79 Å². The molecule has 0 spiro atoms. The van der Waals surface area contributed by atoms with E-state index in [4.69, 9.17) is 16.3 Å². The molecule has 0 radical (unpaired) electrons. The molecule has 4 nitrogen and oxygen atoms in total. The van der Waals surface area contributed by atoms with Crippen LogP contribution in [0.25, 0.3) is 0 Å². The topological polar surface area (TPSA) is 55.4 Å². The summed E-state index contributed by atoms with van der Waals surface area (Å²) in [6.07, 6.45) is 0.288. The molecule has 0 aliphatic heterocycles. The molecule has 1 N–H and O–H groups in total. The van der Waals surface area contributed by atoms with Crippen molar-refractivity contribution in [2.75, 3.05) is 11.9 Å². The van der Waals surface area contributed by atoms with Crippen molar-refractivity contribution in [2.45, 2.75) is 33.2 Å². The van der Waals surface area contributed by atoms with Gasteiger partial charge in [-0.1, -0.05) is 25.1 Å². The molecule has 0 saturated heterocycles. The van der Waals surface area contributed by atoms with E-state index in [1.807, 2.05) is 6.92 Å². The SMILES string of the molecule is C=C(C(=O)CC)C(Nc1ccc(Cl)cc1C)C(=O)OCC. The molecule has 0 fully saturated rings. The molecule has 114 valence electrons. The summed E-state index contributed by atoms with van der Waals surface area (Å²) in [6.45, 7) is 9.28. The zero-order valence-corrected chi connectivity index (χ0v) is 13.3. The molecule has 1 atom stereocenters. The van der Waals surface area contributed by atoms with Crippen LogP contribution in [0.5, 0.6) is 0 Å². The molecule has 0 aliphatic carbocycles. The second kappa shape index (κ2) is 7.84. The lowest BCUT2D eigenvalue weighted by molar-refractivity contribution is -0.143. The van der Waals surface area contributed by atoms with Gasteiger partial charge in [0, 0.05) is 22.7 Å². The fourth-order valence-corrected chi connectivity index (χ4v) is 2.07. The lowest BCUT2D eigenvalue weighted by Gasteiger charge is -2.21. The number of rotatable bonds is 7. The Morgan fingerprint density at radius 2 is 2.05 bits per heavy atom. The van der Waals surface area contributed by atoms with E-state index < -0.39 is 12.0 Å². The van der Waals surface area contributed by atoms with Crippen molar-refractivity contribution in [3.8, 4) is 0 Å².